The van der Waals surface area contributed by atoms with E-state index in [9.17, 15) is 24.9 Å². The molecular formula is C26H36O7. The molecule has 0 bridgehead atoms. The van der Waals surface area contributed by atoms with E-state index in [-0.39, 0.29) is 0 Å². The Bertz CT molecular complexity index is 772. The van der Waals surface area contributed by atoms with E-state index in [1.807, 2.05) is 30.4 Å². The fourth-order valence-corrected chi connectivity index (χ4v) is 2.94. The minimum atomic E-state index is -1.49. The van der Waals surface area contributed by atoms with Crippen LogP contribution >= 0.6 is 0 Å². The molecule has 7 heteroatoms. The number of carbonyl (C=O) groups excluding carboxylic acids is 2. The molecule has 1 aliphatic heterocycles. The van der Waals surface area contributed by atoms with Crippen LogP contribution in [0.15, 0.2) is 72.3 Å². The van der Waals surface area contributed by atoms with Gasteiger partial charge in [-0.25, -0.2) is 9.59 Å². The van der Waals surface area contributed by atoms with Crippen molar-refractivity contribution in [3.63, 3.8) is 0 Å². The number of allylic oxidation sites excluding steroid dienone is 9. The van der Waals surface area contributed by atoms with Crippen molar-refractivity contribution in [1.82, 2.24) is 0 Å². The molecule has 0 radical (unpaired) electrons. The number of cyclic esters (lactones) is 1. The predicted octanol–water partition coefficient (Wildman–Crippen LogP) is 5.07. The van der Waals surface area contributed by atoms with Crippen molar-refractivity contribution in [2.75, 3.05) is 6.61 Å². The van der Waals surface area contributed by atoms with Gasteiger partial charge in [0.2, 0.25) is 5.76 Å². The van der Waals surface area contributed by atoms with Gasteiger partial charge in [-0.05, 0) is 12.8 Å². The van der Waals surface area contributed by atoms with Gasteiger partial charge in [0.1, 0.15) is 12.7 Å². The molecular weight excluding hydrogens is 424 g/mol. The van der Waals surface area contributed by atoms with Crippen LogP contribution in [0.25, 0.3) is 0 Å². The standard InChI is InChI=1S/C26H36O7/c1-2-3-4-5-6-7-8-9-10-11-12-13-14-15-16-17-18-19-22(28)32-20-21(27)25-23(29)24(30)26(31)33-25/h10-19,21,25,27,29-30H,2-9,20H2,1H3/t21-,25+/m0/s1. The normalized spacial score (nSPS) is 18.0. The van der Waals surface area contributed by atoms with Crippen molar-refractivity contribution >= 4 is 11.9 Å². The number of hydrogen-bond acceptors (Lipinski definition) is 7. The summed E-state index contributed by atoms with van der Waals surface area (Å²) in [6, 6.07) is 0. The van der Waals surface area contributed by atoms with Crippen LogP contribution in [0.5, 0.6) is 0 Å². The third kappa shape index (κ3) is 12.5. The average Bonchev–Trinajstić information content (AvgIpc) is 3.06. The van der Waals surface area contributed by atoms with Crippen LogP contribution in [-0.4, -0.2) is 46.1 Å². The van der Waals surface area contributed by atoms with Gasteiger partial charge in [-0.2, -0.15) is 0 Å². The van der Waals surface area contributed by atoms with E-state index in [2.05, 4.69) is 17.7 Å². The average molecular weight is 461 g/mol. The number of carbonyl (C=O) groups is 2. The molecule has 0 aromatic rings. The summed E-state index contributed by atoms with van der Waals surface area (Å²) in [4.78, 5) is 22.7. The maximum absolute atomic E-state index is 11.6. The molecule has 0 saturated heterocycles. The van der Waals surface area contributed by atoms with Gasteiger partial charge < -0.3 is 24.8 Å². The Hall–Kier alpha value is -3.06. The largest absolute Gasteiger partial charge is 0.505 e. The molecule has 0 aromatic heterocycles. The van der Waals surface area contributed by atoms with Gasteiger partial charge >= 0.3 is 11.9 Å². The van der Waals surface area contributed by atoms with E-state index in [0.717, 1.165) is 12.5 Å². The first kappa shape index (κ1) is 28.0. The van der Waals surface area contributed by atoms with Crippen molar-refractivity contribution in [3.05, 3.63) is 72.3 Å². The molecule has 0 aliphatic carbocycles. The van der Waals surface area contributed by atoms with Crippen molar-refractivity contribution in [1.29, 1.82) is 0 Å². The maximum atomic E-state index is 11.6. The summed E-state index contributed by atoms with van der Waals surface area (Å²) >= 11 is 0. The fourth-order valence-electron chi connectivity index (χ4n) is 2.94. The summed E-state index contributed by atoms with van der Waals surface area (Å²) in [6.45, 7) is 1.72. The quantitative estimate of drug-likeness (QED) is 0.128. The summed E-state index contributed by atoms with van der Waals surface area (Å²) < 4.78 is 9.39. The lowest BCUT2D eigenvalue weighted by molar-refractivity contribution is -0.151. The molecule has 0 saturated carbocycles. The van der Waals surface area contributed by atoms with E-state index < -0.39 is 42.3 Å². The molecule has 33 heavy (non-hydrogen) atoms. The molecule has 0 aromatic carbocycles. The van der Waals surface area contributed by atoms with E-state index in [1.54, 1.807) is 12.2 Å². The van der Waals surface area contributed by atoms with Crippen LogP contribution in [0, 0.1) is 0 Å². The smallest absolute Gasteiger partial charge is 0.377 e. The number of ether oxygens (including phenoxy) is 2. The number of unbranched alkanes of at least 4 members (excludes halogenated alkanes) is 7. The summed E-state index contributed by atoms with van der Waals surface area (Å²) in [5.74, 6) is -3.61. The second-order valence-corrected chi connectivity index (χ2v) is 7.61. The lowest BCUT2D eigenvalue weighted by Gasteiger charge is -2.16. The highest BCUT2D eigenvalue weighted by Crippen LogP contribution is 2.21. The topological polar surface area (TPSA) is 113 Å². The van der Waals surface area contributed by atoms with Gasteiger partial charge in [0.05, 0.1) is 0 Å². The van der Waals surface area contributed by atoms with Crippen molar-refractivity contribution in [2.24, 2.45) is 0 Å². The lowest BCUT2D eigenvalue weighted by atomic mass is 10.1. The molecule has 0 amide bonds. The highest BCUT2D eigenvalue weighted by atomic mass is 16.6. The third-order valence-electron chi connectivity index (χ3n) is 4.81. The van der Waals surface area contributed by atoms with Gasteiger partial charge in [-0.3, -0.25) is 0 Å². The highest BCUT2D eigenvalue weighted by Gasteiger charge is 2.39. The number of aliphatic hydroxyl groups excluding tert-OH is 3. The maximum Gasteiger partial charge on any atom is 0.377 e. The Kier molecular flexibility index (Phi) is 14.8. The molecule has 0 fully saturated rings. The Balaban J connectivity index is 2.13. The molecule has 0 unspecified atom stereocenters. The van der Waals surface area contributed by atoms with Crippen molar-refractivity contribution in [2.45, 2.75) is 70.5 Å². The van der Waals surface area contributed by atoms with Gasteiger partial charge in [0.15, 0.2) is 11.9 Å². The molecule has 2 atom stereocenters. The zero-order chi connectivity index (χ0) is 24.3. The minimum Gasteiger partial charge on any atom is -0.505 e. The molecule has 1 rings (SSSR count). The Morgan fingerprint density at radius 3 is 2.12 bits per heavy atom. The second kappa shape index (κ2) is 17.5. The van der Waals surface area contributed by atoms with Crippen LogP contribution in [-0.2, 0) is 19.1 Å². The van der Waals surface area contributed by atoms with Gasteiger partial charge in [0, 0.05) is 6.08 Å². The highest BCUT2D eigenvalue weighted by molar-refractivity contribution is 5.89. The van der Waals surface area contributed by atoms with E-state index in [1.165, 1.54) is 51.0 Å². The first-order valence-electron chi connectivity index (χ1n) is 11.5. The van der Waals surface area contributed by atoms with Crippen LogP contribution in [0.4, 0.5) is 0 Å². The molecule has 1 aliphatic rings. The van der Waals surface area contributed by atoms with E-state index in [4.69, 9.17) is 4.74 Å². The van der Waals surface area contributed by atoms with Gasteiger partial charge in [-0.15, -0.1) is 0 Å². The summed E-state index contributed by atoms with van der Waals surface area (Å²) in [6.07, 6.45) is 25.2. The van der Waals surface area contributed by atoms with Crippen LogP contribution in [0.2, 0.25) is 0 Å². The van der Waals surface area contributed by atoms with Crippen LogP contribution in [0.1, 0.15) is 58.3 Å². The predicted molar refractivity (Wildman–Crippen MR) is 127 cm³/mol. The number of rotatable bonds is 16. The van der Waals surface area contributed by atoms with Gasteiger partial charge in [0.25, 0.3) is 0 Å². The van der Waals surface area contributed by atoms with Crippen LogP contribution < -0.4 is 0 Å². The SMILES string of the molecule is CCCCCCCCCC=CC=CC=CC=CC=CC(=O)OC[C@H](O)[C@H]1OC(=O)C(O)=C1O. The minimum absolute atomic E-state index is 0.515. The molecule has 7 nitrogen and oxygen atoms in total. The molecule has 3 N–H and O–H groups in total. The Labute approximate surface area is 196 Å². The first-order valence-corrected chi connectivity index (χ1v) is 11.5. The molecule has 1 heterocycles. The van der Waals surface area contributed by atoms with Crippen LogP contribution in [0.3, 0.4) is 0 Å². The Morgan fingerprint density at radius 1 is 0.939 bits per heavy atom. The lowest BCUT2D eigenvalue weighted by Crippen LogP contribution is -2.33. The summed E-state index contributed by atoms with van der Waals surface area (Å²) in [7, 11) is 0. The zero-order valence-electron chi connectivity index (χ0n) is 19.3. The van der Waals surface area contributed by atoms with Crippen molar-refractivity contribution < 1.29 is 34.4 Å². The summed E-state index contributed by atoms with van der Waals surface area (Å²) in [5.41, 5.74) is 0. The second-order valence-electron chi connectivity index (χ2n) is 7.61. The molecule has 0 spiro atoms. The Morgan fingerprint density at radius 2 is 1.52 bits per heavy atom. The monoisotopic (exact) mass is 460 g/mol. The first-order chi connectivity index (χ1) is 16.0. The number of esters is 2. The van der Waals surface area contributed by atoms with E-state index >= 15 is 0 Å². The number of aliphatic hydroxyl groups is 3. The number of hydrogen-bond donors (Lipinski definition) is 3. The van der Waals surface area contributed by atoms with Gasteiger partial charge in [-0.1, -0.05) is 100 Å². The third-order valence-corrected chi connectivity index (χ3v) is 4.81. The summed E-state index contributed by atoms with van der Waals surface area (Å²) in [5, 5.41) is 28.5. The zero-order valence-corrected chi connectivity index (χ0v) is 19.3. The fraction of sp³-hybridized carbons (Fsp3) is 0.462. The van der Waals surface area contributed by atoms with E-state index in [0.29, 0.717) is 0 Å². The molecule has 182 valence electrons. The van der Waals surface area contributed by atoms with Crippen molar-refractivity contribution in [3.8, 4) is 0 Å².